The van der Waals surface area contributed by atoms with Crippen molar-refractivity contribution in [3.63, 3.8) is 0 Å². The number of nitro groups is 1. The standard InChI is InChI=1S/C17H15FN2O6/c18-12-7-6-10(9-14(12)20(25)26)8-13(17(23)24)19-16(22)15(21)11-4-2-1-3-5-11/h1-7,9,13,15,21H,8H2,(H,19,22)(H,23,24)/t13-,15-/m0/s1. The molecule has 2 aromatic rings. The van der Waals surface area contributed by atoms with Crippen molar-refractivity contribution in [2.24, 2.45) is 0 Å². The van der Waals surface area contributed by atoms with Crippen molar-refractivity contribution >= 4 is 17.6 Å². The zero-order valence-corrected chi connectivity index (χ0v) is 13.3. The third-order valence-electron chi connectivity index (χ3n) is 3.63. The van der Waals surface area contributed by atoms with E-state index in [2.05, 4.69) is 5.32 Å². The van der Waals surface area contributed by atoms with Crippen LogP contribution in [0.3, 0.4) is 0 Å². The van der Waals surface area contributed by atoms with E-state index in [1.807, 2.05) is 0 Å². The topological polar surface area (TPSA) is 130 Å². The summed E-state index contributed by atoms with van der Waals surface area (Å²) >= 11 is 0. The van der Waals surface area contributed by atoms with Gasteiger partial charge in [-0.2, -0.15) is 4.39 Å². The van der Waals surface area contributed by atoms with Crippen molar-refractivity contribution in [3.05, 3.63) is 75.6 Å². The molecule has 3 N–H and O–H groups in total. The number of nitrogens with zero attached hydrogens (tertiary/aromatic N) is 1. The lowest BCUT2D eigenvalue weighted by atomic mass is 10.0. The maximum Gasteiger partial charge on any atom is 0.326 e. The molecular weight excluding hydrogens is 347 g/mol. The quantitative estimate of drug-likeness (QED) is 0.506. The summed E-state index contributed by atoms with van der Waals surface area (Å²) in [7, 11) is 0. The summed E-state index contributed by atoms with van der Waals surface area (Å²) in [4.78, 5) is 33.3. The van der Waals surface area contributed by atoms with Gasteiger partial charge in [0, 0.05) is 12.5 Å². The largest absolute Gasteiger partial charge is 0.480 e. The van der Waals surface area contributed by atoms with Crippen LogP contribution >= 0.6 is 0 Å². The van der Waals surface area contributed by atoms with Crippen molar-refractivity contribution in [3.8, 4) is 0 Å². The highest BCUT2D eigenvalue weighted by Gasteiger charge is 2.26. The Bertz CT molecular complexity index is 827. The van der Waals surface area contributed by atoms with Gasteiger partial charge >= 0.3 is 11.7 Å². The van der Waals surface area contributed by atoms with E-state index < -0.39 is 40.5 Å². The Morgan fingerprint density at radius 2 is 1.85 bits per heavy atom. The summed E-state index contributed by atoms with van der Waals surface area (Å²) in [5.41, 5.74) is -0.353. The van der Waals surface area contributed by atoms with E-state index >= 15 is 0 Å². The lowest BCUT2D eigenvalue weighted by Gasteiger charge is -2.17. The molecule has 0 unspecified atom stereocenters. The number of carboxylic acid groups (broad SMARTS) is 1. The van der Waals surface area contributed by atoms with E-state index in [1.165, 1.54) is 18.2 Å². The lowest BCUT2D eigenvalue weighted by molar-refractivity contribution is -0.387. The van der Waals surface area contributed by atoms with E-state index in [0.29, 0.717) is 0 Å². The second-order valence-corrected chi connectivity index (χ2v) is 5.46. The highest BCUT2D eigenvalue weighted by Crippen LogP contribution is 2.20. The van der Waals surface area contributed by atoms with Crippen LogP contribution in [0.15, 0.2) is 48.5 Å². The number of hydrogen-bond donors (Lipinski definition) is 3. The number of carbonyl (C=O) groups is 2. The number of benzene rings is 2. The molecule has 136 valence electrons. The molecule has 2 rings (SSSR count). The van der Waals surface area contributed by atoms with Gasteiger partial charge in [-0.25, -0.2) is 4.79 Å². The number of nitro benzene ring substituents is 1. The Balaban J connectivity index is 2.14. The summed E-state index contributed by atoms with van der Waals surface area (Å²) in [5, 5.41) is 32.2. The van der Waals surface area contributed by atoms with Gasteiger partial charge in [0.05, 0.1) is 4.92 Å². The third kappa shape index (κ3) is 4.61. The minimum atomic E-state index is -1.57. The zero-order valence-electron chi connectivity index (χ0n) is 13.3. The number of carbonyl (C=O) groups excluding carboxylic acids is 1. The fourth-order valence-corrected chi connectivity index (χ4v) is 2.30. The number of aliphatic hydroxyl groups excluding tert-OH is 1. The van der Waals surface area contributed by atoms with Crippen LogP contribution in [0.25, 0.3) is 0 Å². The van der Waals surface area contributed by atoms with Crippen LogP contribution in [0.1, 0.15) is 17.2 Å². The summed E-state index contributed by atoms with van der Waals surface area (Å²) in [5.74, 6) is -3.38. The molecule has 8 nitrogen and oxygen atoms in total. The second-order valence-electron chi connectivity index (χ2n) is 5.46. The van der Waals surface area contributed by atoms with Gasteiger partial charge in [0.2, 0.25) is 5.82 Å². The van der Waals surface area contributed by atoms with E-state index in [0.717, 1.165) is 12.1 Å². The smallest absolute Gasteiger partial charge is 0.326 e. The summed E-state index contributed by atoms with van der Waals surface area (Å²) < 4.78 is 13.4. The van der Waals surface area contributed by atoms with Crippen LogP contribution in [-0.2, 0) is 16.0 Å². The average molecular weight is 362 g/mol. The number of amides is 1. The lowest BCUT2D eigenvalue weighted by Crippen LogP contribution is -2.44. The van der Waals surface area contributed by atoms with Crippen molar-refractivity contribution < 1.29 is 29.1 Å². The Kier molecular flexibility index (Phi) is 5.97. The normalized spacial score (nSPS) is 12.8. The number of carboxylic acids is 1. The summed E-state index contributed by atoms with van der Waals surface area (Å²) in [6.07, 6.45) is -1.88. The molecule has 26 heavy (non-hydrogen) atoms. The molecule has 0 radical (unpaired) electrons. The molecule has 0 aliphatic heterocycles. The number of hydrogen-bond acceptors (Lipinski definition) is 5. The predicted octanol–water partition coefficient (Wildman–Crippen LogP) is 1.58. The average Bonchev–Trinajstić information content (AvgIpc) is 2.62. The first-order valence-corrected chi connectivity index (χ1v) is 7.48. The molecule has 0 saturated heterocycles. The first-order chi connectivity index (χ1) is 12.3. The minimum Gasteiger partial charge on any atom is -0.480 e. The van der Waals surface area contributed by atoms with Gasteiger partial charge in [0.15, 0.2) is 6.10 Å². The Hall–Kier alpha value is -3.33. The van der Waals surface area contributed by atoms with Crippen molar-refractivity contribution in [2.75, 3.05) is 0 Å². The fourth-order valence-electron chi connectivity index (χ4n) is 2.30. The van der Waals surface area contributed by atoms with Crippen molar-refractivity contribution in [1.29, 1.82) is 0 Å². The molecule has 0 aliphatic rings. The first kappa shape index (κ1) is 19.0. The molecule has 0 bridgehead atoms. The maximum atomic E-state index is 13.4. The van der Waals surface area contributed by atoms with Gasteiger partial charge in [-0.05, 0) is 17.2 Å². The fraction of sp³-hybridized carbons (Fsp3) is 0.176. The van der Waals surface area contributed by atoms with Crippen molar-refractivity contribution in [1.82, 2.24) is 5.32 Å². The zero-order chi connectivity index (χ0) is 19.3. The molecule has 9 heteroatoms. The molecule has 1 amide bonds. The highest BCUT2D eigenvalue weighted by atomic mass is 19.1. The van der Waals surface area contributed by atoms with E-state index in [-0.39, 0.29) is 17.5 Å². The SMILES string of the molecule is O=C(O)[C@H](Cc1ccc(F)c([N+](=O)[O-])c1)NC(=O)[C@@H](O)c1ccccc1. The summed E-state index contributed by atoms with van der Waals surface area (Å²) in [6, 6.07) is 9.42. The minimum absolute atomic E-state index is 0.153. The number of aliphatic hydroxyl groups is 1. The van der Waals surface area contributed by atoms with Crippen LogP contribution < -0.4 is 5.32 Å². The Morgan fingerprint density at radius 1 is 1.19 bits per heavy atom. The van der Waals surface area contributed by atoms with Crippen molar-refractivity contribution in [2.45, 2.75) is 18.6 Å². The predicted molar refractivity (Wildman–Crippen MR) is 87.7 cm³/mol. The van der Waals surface area contributed by atoms with E-state index in [9.17, 15) is 34.3 Å². The van der Waals surface area contributed by atoms with Gasteiger partial charge < -0.3 is 15.5 Å². The molecule has 0 aliphatic carbocycles. The van der Waals surface area contributed by atoms with Crippen LogP contribution in [0.4, 0.5) is 10.1 Å². The molecular formula is C17H15FN2O6. The molecule has 0 spiro atoms. The molecule has 2 atom stereocenters. The van der Waals surface area contributed by atoms with Gasteiger partial charge in [-0.1, -0.05) is 36.4 Å². The summed E-state index contributed by atoms with van der Waals surface area (Å²) in [6.45, 7) is 0. The first-order valence-electron chi connectivity index (χ1n) is 7.48. The molecule has 0 fully saturated rings. The molecule has 2 aromatic carbocycles. The number of rotatable bonds is 7. The van der Waals surface area contributed by atoms with Gasteiger partial charge in [-0.3, -0.25) is 14.9 Å². The van der Waals surface area contributed by atoms with Gasteiger partial charge in [0.25, 0.3) is 5.91 Å². The highest BCUT2D eigenvalue weighted by molar-refractivity contribution is 5.87. The van der Waals surface area contributed by atoms with Crippen LogP contribution in [0, 0.1) is 15.9 Å². The number of halogens is 1. The Labute approximate surface area is 147 Å². The molecule has 0 heterocycles. The Morgan fingerprint density at radius 3 is 2.42 bits per heavy atom. The monoisotopic (exact) mass is 362 g/mol. The van der Waals surface area contributed by atoms with E-state index in [4.69, 9.17) is 0 Å². The maximum absolute atomic E-state index is 13.4. The molecule has 0 saturated carbocycles. The number of nitrogens with one attached hydrogen (secondary N) is 1. The van der Waals surface area contributed by atoms with E-state index in [1.54, 1.807) is 18.2 Å². The third-order valence-corrected chi connectivity index (χ3v) is 3.63. The number of aliphatic carboxylic acids is 1. The van der Waals surface area contributed by atoms with Gasteiger partial charge in [-0.15, -0.1) is 0 Å². The molecule has 0 aromatic heterocycles. The van der Waals surface area contributed by atoms with Crippen LogP contribution in [-0.4, -0.2) is 33.1 Å². The van der Waals surface area contributed by atoms with Crippen LogP contribution in [0.2, 0.25) is 0 Å². The van der Waals surface area contributed by atoms with Gasteiger partial charge in [0.1, 0.15) is 6.04 Å². The van der Waals surface area contributed by atoms with Crippen LogP contribution in [0.5, 0.6) is 0 Å². The second kappa shape index (κ2) is 8.17.